The highest BCUT2D eigenvalue weighted by atomic mass is 14.9. The summed E-state index contributed by atoms with van der Waals surface area (Å²) in [4.78, 5) is 3.23. The number of hydrogen-bond donors (Lipinski definition) is 2. The zero-order chi connectivity index (χ0) is 11.5. The Hall–Kier alpha value is -2.22. The maximum absolute atomic E-state index is 3.43. The normalized spacial score (nSPS) is 10.6. The second-order valence-corrected chi connectivity index (χ2v) is 4.08. The number of hydrogen-bond acceptors (Lipinski definition) is 1. The maximum atomic E-state index is 3.43. The fraction of sp³-hybridized carbons (Fsp3) is 0.0667. The highest BCUT2D eigenvalue weighted by Crippen LogP contribution is 2.18. The van der Waals surface area contributed by atoms with Crippen molar-refractivity contribution < 1.29 is 0 Å². The van der Waals surface area contributed by atoms with Crippen LogP contribution in [0.5, 0.6) is 0 Å². The molecule has 0 saturated heterocycles. The van der Waals surface area contributed by atoms with Gasteiger partial charge in [0.2, 0.25) is 0 Å². The lowest BCUT2D eigenvalue weighted by Crippen LogP contribution is -1.99. The summed E-state index contributed by atoms with van der Waals surface area (Å²) in [5.41, 5.74) is 3.66. The molecule has 1 aromatic heterocycles. The van der Waals surface area contributed by atoms with Gasteiger partial charge in [-0.25, -0.2) is 0 Å². The third kappa shape index (κ3) is 2.02. The molecule has 0 saturated carbocycles. The second-order valence-electron chi connectivity index (χ2n) is 4.08. The van der Waals surface area contributed by atoms with E-state index in [9.17, 15) is 0 Å². The number of anilines is 1. The summed E-state index contributed by atoms with van der Waals surface area (Å²) in [6.45, 7) is 0.846. The molecule has 84 valence electrons. The van der Waals surface area contributed by atoms with Gasteiger partial charge in [-0.2, -0.15) is 0 Å². The van der Waals surface area contributed by atoms with E-state index in [4.69, 9.17) is 0 Å². The van der Waals surface area contributed by atoms with E-state index in [0.717, 1.165) is 12.2 Å². The zero-order valence-electron chi connectivity index (χ0n) is 9.48. The van der Waals surface area contributed by atoms with Gasteiger partial charge >= 0.3 is 0 Å². The van der Waals surface area contributed by atoms with E-state index >= 15 is 0 Å². The third-order valence-corrected chi connectivity index (χ3v) is 2.94. The molecule has 17 heavy (non-hydrogen) atoms. The van der Waals surface area contributed by atoms with Gasteiger partial charge in [-0.05, 0) is 29.8 Å². The number of rotatable bonds is 3. The highest BCUT2D eigenvalue weighted by Gasteiger charge is 2.00. The first-order chi connectivity index (χ1) is 8.43. The molecule has 1 heterocycles. The Morgan fingerprint density at radius 2 is 1.76 bits per heavy atom. The first kappa shape index (κ1) is 9.97. The van der Waals surface area contributed by atoms with Crippen LogP contribution in [-0.4, -0.2) is 4.98 Å². The molecule has 2 heteroatoms. The average Bonchev–Trinajstić information content (AvgIpc) is 2.86. The Balaban J connectivity index is 1.84. The van der Waals surface area contributed by atoms with Crippen LogP contribution in [0.4, 0.5) is 5.69 Å². The number of nitrogens with one attached hydrogen (secondary N) is 2. The Labute approximate surface area is 100 Å². The molecule has 3 aromatic rings. The molecule has 0 radical (unpaired) electrons. The van der Waals surface area contributed by atoms with Gasteiger partial charge in [0.15, 0.2) is 0 Å². The Kier molecular flexibility index (Phi) is 2.54. The van der Waals surface area contributed by atoms with Gasteiger partial charge in [-0.1, -0.05) is 30.3 Å². The van der Waals surface area contributed by atoms with Crippen LogP contribution in [0.3, 0.4) is 0 Å². The SMILES string of the molecule is c1ccc(NCc2cccc3[nH]ccc23)cc1. The molecule has 2 aromatic carbocycles. The zero-order valence-corrected chi connectivity index (χ0v) is 9.48. The first-order valence-electron chi connectivity index (χ1n) is 5.77. The van der Waals surface area contributed by atoms with Crippen LogP contribution in [0.15, 0.2) is 60.8 Å². The number of aromatic nitrogens is 1. The van der Waals surface area contributed by atoms with E-state index in [1.54, 1.807) is 0 Å². The van der Waals surface area contributed by atoms with Gasteiger partial charge in [0.1, 0.15) is 0 Å². The smallest absolute Gasteiger partial charge is 0.0457 e. The van der Waals surface area contributed by atoms with Crippen LogP contribution in [0.1, 0.15) is 5.56 Å². The first-order valence-corrected chi connectivity index (χ1v) is 5.77. The monoisotopic (exact) mass is 222 g/mol. The lowest BCUT2D eigenvalue weighted by atomic mass is 10.1. The predicted molar refractivity (Wildman–Crippen MR) is 72.1 cm³/mol. The fourth-order valence-electron chi connectivity index (χ4n) is 2.06. The summed E-state index contributed by atoms with van der Waals surface area (Å²) in [7, 11) is 0. The molecule has 3 rings (SSSR count). The Morgan fingerprint density at radius 1 is 0.882 bits per heavy atom. The Morgan fingerprint density at radius 3 is 2.65 bits per heavy atom. The molecule has 2 nitrogen and oxygen atoms in total. The van der Waals surface area contributed by atoms with Gasteiger partial charge in [-0.3, -0.25) is 0 Å². The van der Waals surface area contributed by atoms with Crippen LogP contribution >= 0.6 is 0 Å². The molecule has 0 aliphatic carbocycles. The lowest BCUT2D eigenvalue weighted by Gasteiger charge is -2.07. The van der Waals surface area contributed by atoms with Crippen LogP contribution < -0.4 is 5.32 Å². The second kappa shape index (κ2) is 4.34. The molecule has 2 N–H and O–H groups in total. The van der Waals surface area contributed by atoms with Gasteiger partial charge in [0, 0.05) is 29.3 Å². The molecule has 0 bridgehead atoms. The minimum atomic E-state index is 0.846. The minimum absolute atomic E-state index is 0.846. The van der Waals surface area contributed by atoms with Crippen molar-refractivity contribution in [1.29, 1.82) is 0 Å². The molecule has 0 amide bonds. The van der Waals surface area contributed by atoms with Crippen molar-refractivity contribution in [2.45, 2.75) is 6.54 Å². The molecule has 0 spiro atoms. The molecular weight excluding hydrogens is 208 g/mol. The van der Waals surface area contributed by atoms with E-state index < -0.39 is 0 Å². The number of H-pyrrole nitrogens is 1. The van der Waals surface area contributed by atoms with E-state index in [1.165, 1.54) is 16.5 Å². The van der Waals surface area contributed by atoms with Crippen LogP contribution in [0, 0.1) is 0 Å². The van der Waals surface area contributed by atoms with Crippen molar-refractivity contribution in [2.75, 3.05) is 5.32 Å². The van der Waals surface area contributed by atoms with Crippen molar-refractivity contribution >= 4 is 16.6 Å². The fourth-order valence-corrected chi connectivity index (χ4v) is 2.06. The Bertz CT molecular complexity index is 611. The topological polar surface area (TPSA) is 27.8 Å². The van der Waals surface area contributed by atoms with Crippen LogP contribution in [-0.2, 0) is 6.54 Å². The van der Waals surface area contributed by atoms with Gasteiger partial charge in [0.25, 0.3) is 0 Å². The summed E-state index contributed by atoms with van der Waals surface area (Å²) < 4.78 is 0. The number of benzene rings is 2. The molecule has 0 aliphatic rings. The van der Waals surface area contributed by atoms with Crippen LogP contribution in [0.2, 0.25) is 0 Å². The van der Waals surface area contributed by atoms with Crippen LogP contribution in [0.25, 0.3) is 10.9 Å². The standard InChI is InChI=1S/C15H14N2/c1-2-6-13(7-3-1)17-11-12-5-4-8-15-14(12)9-10-16-15/h1-10,16-17H,11H2. The molecule has 0 aliphatic heterocycles. The number of fused-ring (bicyclic) bond motifs is 1. The van der Waals surface area contributed by atoms with E-state index in [-0.39, 0.29) is 0 Å². The van der Waals surface area contributed by atoms with E-state index in [2.05, 4.69) is 46.7 Å². The molecule has 0 atom stereocenters. The lowest BCUT2D eigenvalue weighted by molar-refractivity contribution is 1.17. The van der Waals surface area contributed by atoms with Crippen molar-refractivity contribution in [3.8, 4) is 0 Å². The van der Waals surface area contributed by atoms with Gasteiger partial charge < -0.3 is 10.3 Å². The summed E-state index contributed by atoms with van der Waals surface area (Å²) in [6.07, 6.45) is 1.98. The van der Waals surface area contributed by atoms with Crippen molar-refractivity contribution in [1.82, 2.24) is 4.98 Å². The minimum Gasteiger partial charge on any atom is -0.381 e. The van der Waals surface area contributed by atoms with Crippen molar-refractivity contribution in [2.24, 2.45) is 0 Å². The number of para-hydroxylation sites is 1. The van der Waals surface area contributed by atoms with Gasteiger partial charge in [0.05, 0.1) is 0 Å². The molecule has 0 unspecified atom stereocenters. The van der Waals surface area contributed by atoms with Gasteiger partial charge in [-0.15, -0.1) is 0 Å². The number of aromatic amines is 1. The summed E-state index contributed by atoms with van der Waals surface area (Å²) in [5, 5.41) is 4.72. The predicted octanol–water partition coefficient (Wildman–Crippen LogP) is 3.78. The molecular formula is C15H14N2. The summed E-state index contributed by atoms with van der Waals surface area (Å²) in [6, 6.07) is 18.7. The quantitative estimate of drug-likeness (QED) is 0.693. The van der Waals surface area contributed by atoms with E-state index in [0.29, 0.717) is 0 Å². The summed E-state index contributed by atoms with van der Waals surface area (Å²) >= 11 is 0. The van der Waals surface area contributed by atoms with Crippen molar-refractivity contribution in [3.05, 3.63) is 66.4 Å². The molecule has 0 fully saturated rings. The van der Waals surface area contributed by atoms with Crippen molar-refractivity contribution in [3.63, 3.8) is 0 Å². The largest absolute Gasteiger partial charge is 0.381 e. The average molecular weight is 222 g/mol. The third-order valence-electron chi connectivity index (χ3n) is 2.94. The van der Waals surface area contributed by atoms with E-state index in [1.807, 2.05) is 24.4 Å². The summed E-state index contributed by atoms with van der Waals surface area (Å²) in [5.74, 6) is 0. The highest BCUT2D eigenvalue weighted by molar-refractivity contribution is 5.83. The maximum Gasteiger partial charge on any atom is 0.0457 e.